The van der Waals surface area contributed by atoms with Gasteiger partial charge in [0.2, 0.25) is 0 Å². The monoisotopic (exact) mass is 243 g/mol. The summed E-state index contributed by atoms with van der Waals surface area (Å²) in [4.78, 5) is 21.1. The van der Waals surface area contributed by atoms with Crippen molar-refractivity contribution < 1.29 is 14.7 Å². The second-order valence-corrected chi connectivity index (χ2v) is 4.48. The summed E-state index contributed by atoms with van der Waals surface area (Å²) < 4.78 is 0. The summed E-state index contributed by atoms with van der Waals surface area (Å²) in [6.45, 7) is 5.72. The lowest BCUT2D eigenvalue weighted by Crippen LogP contribution is -2.25. The van der Waals surface area contributed by atoms with Gasteiger partial charge < -0.3 is 10.8 Å². The number of urea groups is 1. The zero-order valence-corrected chi connectivity index (χ0v) is 10.5. The van der Waals surface area contributed by atoms with Gasteiger partial charge in [0, 0.05) is 6.21 Å². The van der Waals surface area contributed by atoms with Crippen LogP contribution in [0, 0.1) is 17.8 Å². The first-order chi connectivity index (χ1) is 7.84. The highest BCUT2D eigenvalue weighted by Gasteiger charge is 2.16. The molecule has 0 aliphatic rings. The Labute approximate surface area is 101 Å². The standard InChI is InChI=1S/C11H21N3O3/c1-7(2)9(6-13-14-11(12)17)5-4-8(3)10(15)16/h6-9H,4-5H2,1-3H3,(H,15,16)(H3,12,14,17)/b13-6-/t8-,9+/m0/s1. The zero-order valence-electron chi connectivity index (χ0n) is 10.5. The third-order valence-electron chi connectivity index (χ3n) is 2.65. The maximum Gasteiger partial charge on any atom is 0.332 e. The molecule has 0 aromatic rings. The number of carbonyl (C=O) groups is 2. The van der Waals surface area contributed by atoms with Crippen molar-refractivity contribution in [2.75, 3.05) is 0 Å². The summed E-state index contributed by atoms with van der Waals surface area (Å²) in [6.07, 6.45) is 2.92. The molecule has 17 heavy (non-hydrogen) atoms. The van der Waals surface area contributed by atoms with Gasteiger partial charge >= 0.3 is 12.0 Å². The van der Waals surface area contributed by atoms with Gasteiger partial charge in [0.25, 0.3) is 0 Å². The smallest absolute Gasteiger partial charge is 0.332 e. The molecule has 0 heterocycles. The molecule has 0 saturated carbocycles. The molecule has 98 valence electrons. The van der Waals surface area contributed by atoms with Crippen LogP contribution in [0.5, 0.6) is 0 Å². The Balaban J connectivity index is 4.20. The maximum atomic E-state index is 10.7. The first-order valence-corrected chi connectivity index (χ1v) is 5.66. The van der Waals surface area contributed by atoms with E-state index in [1.165, 1.54) is 0 Å². The van der Waals surface area contributed by atoms with E-state index in [4.69, 9.17) is 10.8 Å². The molecule has 0 rings (SSSR count). The minimum atomic E-state index is -0.792. The predicted octanol–water partition coefficient (Wildman–Crippen LogP) is 1.41. The number of carboxylic acids is 1. The van der Waals surface area contributed by atoms with Crippen LogP contribution in [-0.2, 0) is 4.79 Å². The van der Waals surface area contributed by atoms with Crippen LogP contribution in [0.2, 0.25) is 0 Å². The minimum Gasteiger partial charge on any atom is -0.481 e. The van der Waals surface area contributed by atoms with Crippen molar-refractivity contribution in [2.24, 2.45) is 28.6 Å². The van der Waals surface area contributed by atoms with E-state index in [0.29, 0.717) is 12.3 Å². The molecule has 2 amide bonds. The molecular formula is C11H21N3O3. The number of carbonyl (C=O) groups excluding carboxylic acids is 1. The number of hydrogen-bond donors (Lipinski definition) is 3. The molecule has 4 N–H and O–H groups in total. The molecule has 6 nitrogen and oxygen atoms in total. The summed E-state index contributed by atoms with van der Waals surface area (Å²) in [7, 11) is 0. The van der Waals surface area contributed by atoms with Crippen LogP contribution in [0.25, 0.3) is 0 Å². The lowest BCUT2D eigenvalue weighted by Gasteiger charge is -2.17. The minimum absolute atomic E-state index is 0.128. The van der Waals surface area contributed by atoms with Crippen molar-refractivity contribution in [1.82, 2.24) is 5.43 Å². The highest BCUT2D eigenvalue weighted by Crippen LogP contribution is 2.18. The number of carboxylic acid groups (broad SMARTS) is 1. The second-order valence-electron chi connectivity index (χ2n) is 4.48. The molecule has 0 fully saturated rings. The van der Waals surface area contributed by atoms with E-state index in [2.05, 4.69) is 10.5 Å². The number of primary amides is 1. The normalized spacial score (nSPS) is 14.8. The molecule has 0 spiro atoms. The van der Waals surface area contributed by atoms with Gasteiger partial charge in [0.05, 0.1) is 5.92 Å². The Bertz CT molecular complexity index is 290. The quantitative estimate of drug-likeness (QED) is 0.465. The topological polar surface area (TPSA) is 105 Å². The van der Waals surface area contributed by atoms with Crippen molar-refractivity contribution in [2.45, 2.75) is 33.6 Å². The Kier molecular flexibility index (Phi) is 6.93. The number of amides is 2. The summed E-state index contributed by atoms with van der Waals surface area (Å²) in [5.41, 5.74) is 7.01. The molecule has 0 unspecified atom stereocenters. The lowest BCUT2D eigenvalue weighted by atomic mass is 9.89. The molecule has 0 radical (unpaired) electrons. The third kappa shape index (κ3) is 7.32. The van der Waals surface area contributed by atoms with E-state index in [9.17, 15) is 9.59 Å². The van der Waals surface area contributed by atoms with Gasteiger partial charge in [-0.2, -0.15) is 5.10 Å². The van der Waals surface area contributed by atoms with Gasteiger partial charge in [-0.3, -0.25) is 4.79 Å². The summed E-state index contributed by atoms with van der Waals surface area (Å²) in [6, 6.07) is -0.706. The maximum absolute atomic E-state index is 10.7. The van der Waals surface area contributed by atoms with Crippen LogP contribution in [0.3, 0.4) is 0 Å². The van der Waals surface area contributed by atoms with Crippen molar-refractivity contribution in [1.29, 1.82) is 0 Å². The summed E-state index contributed by atoms with van der Waals surface area (Å²) >= 11 is 0. The molecule has 0 aromatic heterocycles. The first-order valence-electron chi connectivity index (χ1n) is 5.66. The summed E-state index contributed by atoms with van der Waals surface area (Å²) in [5, 5.41) is 12.5. The average Bonchev–Trinajstić information content (AvgIpc) is 2.21. The summed E-state index contributed by atoms with van der Waals surface area (Å²) in [5.74, 6) is -0.702. The number of hydrazone groups is 1. The Hall–Kier alpha value is -1.59. The fourth-order valence-corrected chi connectivity index (χ4v) is 1.34. The van der Waals surface area contributed by atoms with Gasteiger partial charge in [0.15, 0.2) is 0 Å². The molecule has 0 bridgehead atoms. The fourth-order valence-electron chi connectivity index (χ4n) is 1.34. The van der Waals surface area contributed by atoms with Crippen LogP contribution < -0.4 is 11.2 Å². The van der Waals surface area contributed by atoms with E-state index in [-0.39, 0.29) is 11.8 Å². The Morgan fingerprint density at radius 3 is 2.35 bits per heavy atom. The van der Waals surface area contributed by atoms with Gasteiger partial charge in [-0.1, -0.05) is 20.8 Å². The van der Waals surface area contributed by atoms with Crippen molar-refractivity contribution in [3.05, 3.63) is 0 Å². The average molecular weight is 243 g/mol. The van der Waals surface area contributed by atoms with E-state index in [1.807, 2.05) is 13.8 Å². The van der Waals surface area contributed by atoms with Gasteiger partial charge in [-0.15, -0.1) is 0 Å². The number of rotatable bonds is 7. The van der Waals surface area contributed by atoms with E-state index in [0.717, 1.165) is 6.42 Å². The van der Waals surface area contributed by atoms with Crippen LogP contribution in [0.15, 0.2) is 5.10 Å². The van der Waals surface area contributed by atoms with Crippen molar-refractivity contribution in [3.63, 3.8) is 0 Å². The largest absolute Gasteiger partial charge is 0.481 e. The highest BCUT2D eigenvalue weighted by molar-refractivity contribution is 5.73. The number of nitrogens with zero attached hydrogens (tertiary/aromatic N) is 1. The van der Waals surface area contributed by atoms with Gasteiger partial charge in [-0.05, 0) is 24.7 Å². The predicted molar refractivity (Wildman–Crippen MR) is 65.6 cm³/mol. The number of aliphatic carboxylic acids is 1. The van der Waals surface area contributed by atoms with Crippen molar-refractivity contribution in [3.8, 4) is 0 Å². The van der Waals surface area contributed by atoms with Crippen molar-refractivity contribution >= 4 is 18.2 Å². The van der Waals surface area contributed by atoms with E-state index in [1.54, 1.807) is 13.1 Å². The van der Waals surface area contributed by atoms with Gasteiger partial charge in [-0.25, -0.2) is 10.2 Å². The number of nitrogens with two attached hydrogens (primary N) is 1. The third-order valence-corrected chi connectivity index (χ3v) is 2.65. The number of nitrogens with one attached hydrogen (secondary N) is 1. The molecular weight excluding hydrogens is 222 g/mol. The molecule has 0 saturated heterocycles. The van der Waals surface area contributed by atoms with E-state index < -0.39 is 12.0 Å². The van der Waals surface area contributed by atoms with E-state index >= 15 is 0 Å². The molecule has 2 atom stereocenters. The van der Waals surface area contributed by atoms with Crippen LogP contribution in [-0.4, -0.2) is 23.3 Å². The van der Waals surface area contributed by atoms with Crippen LogP contribution >= 0.6 is 0 Å². The Morgan fingerprint density at radius 1 is 1.35 bits per heavy atom. The second kappa shape index (κ2) is 7.65. The lowest BCUT2D eigenvalue weighted by molar-refractivity contribution is -0.141. The molecule has 0 aliphatic heterocycles. The van der Waals surface area contributed by atoms with Crippen LogP contribution in [0.1, 0.15) is 33.6 Å². The number of hydrogen-bond acceptors (Lipinski definition) is 3. The first kappa shape index (κ1) is 15.4. The molecule has 0 aromatic carbocycles. The SMILES string of the molecule is CC(C)[C@@H](/C=N\NC(N)=O)CC[C@H](C)C(=O)O. The fraction of sp³-hybridized carbons (Fsp3) is 0.727. The zero-order chi connectivity index (χ0) is 13.4. The Morgan fingerprint density at radius 2 is 1.94 bits per heavy atom. The van der Waals surface area contributed by atoms with Crippen LogP contribution in [0.4, 0.5) is 4.79 Å². The van der Waals surface area contributed by atoms with Gasteiger partial charge in [0.1, 0.15) is 0 Å². The highest BCUT2D eigenvalue weighted by atomic mass is 16.4. The molecule has 0 aliphatic carbocycles. The molecule has 6 heteroatoms.